The summed E-state index contributed by atoms with van der Waals surface area (Å²) in [5.74, 6) is -1.51. The van der Waals surface area contributed by atoms with Gasteiger partial charge in [0.15, 0.2) is 0 Å². The highest BCUT2D eigenvalue weighted by Gasteiger charge is 2.54. The lowest BCUT2D eigenvalue weighted by Gasteiger charge is -2.48. The van der Waals surface area contributed by atoms with Crippen LogP contribution >= 0.6 is 0 Å². The second kappa shape index (κ2) is 8.65. The molecule has 2 atom stereocenters. The van der Waals surface area contributed by atoms with E-state index in [1.54, 1.807) is 12.1 Å². The molecule has 0 bridgehead atoms. The third-order valence-corrected chi connectivity index (χ3v) is 7.55. The van der Waals surface area contributed by atoms with E-state index >= 15 is 0 Å². The van der Waals surface area contributed by atoms with Crippen LogP contribution < -0.4 is 10.6 Å². The predicted molar refractivity (Wildman–Crippen MR) is 118 cm³/mol. The standard InChI is InChI=1S/C25H28F3N3O2/c1-25(16-10-19(11-16)29-22(32)14-31-6-8-33-9-7-31)20-12-18(27)13-21(28)23(20)30-24(25)15-2-4-17(26)5-3-15/h2-5,12-13,16,19,24,30H,6-11,14H2,1H3,(H,29,32)/t16-,19+,24?,25?. The second-order valence-corrected chi connectivity index (χ2v) is 9.54. The quantitative estimate of drug-likeness (QED) is 0.715. The van der Waals surface area contributed by atoms with Crippen molar-refractivity contribution in [2.45, 2.75) is 37.3 Å². The molecule has 33 heavy (non-hydrogen) atoms. The van der Waals surface area contributed by atoms with Gasteiger partial charge in [0.25, 0.3) is 0 Å². The number of nitrogens with zero attached hydrogens (tertiary/aromatic N) is 1. The van der Waals surface area contributed by atoms with E-state index in [0.29, 0.717) is 43.9 Å². The third-order valence-electron chi connectivity index (χ3n) is 7.55. The van der Waals surface area contributed by atoms with E-state index in [2.05, 4.69) is 15.5 Å². The minimum atomic E-state index is -0.629. The number of carbonyl (C=O) groups excluding carboxylic acids is 1. The van der Waals surface area contributed by atoms with Gasteiger partial charge in [-0.15, -0.1) is 0 Å². The monoisotopic (exact) mass is 459 g/mol. The molecule has 2 N–H and O–H groups in total. The number of fused-ring (bicyclic) bond motifs is 1. The number of hydrogen-bond donors (Lipinski definition) is 2. The number of nitrogens with one attached hydrogen (secondary N) is 2. The molecule has 2 heterocycles. The van der Waals surface area contributed by atoms with Gasteiger partial charge in [-0.05, 0) is 48.1 Å². The first-order chi connectivity index (χ1) is 15.8. The first-order valence-electron chi connectivity index (χ1n) is 11.5. The number of morpholine rings is 1. The van der Waals surface area contributed by atoms with Gasteiger partial charge in [-0.3, -0.25) is 9.69 Å². The number of ether oxygens (including phenoxy) is 1. The van der Waals surface area contributed by atoms with E-state index < -0.39 is 17.0 Å². The summed E-state index contributed by atoms with van der Waals surface area (Å²) in [6.07, 6.45) is 1.42. The molecule has 1 saturated heterocycles. The van der Waals surface area contributed by atoms with Gasteiger partial charge in [0.05, 0.1) is 31.5 Å². The summed E-state index contributed by atoms with van der Waals surface area (Å²) >= 11 is 0. The fourth-order valence-electron chi connectivity index (χ4n) is 5.60. The molecular weight excluding hydrogens is 431 g/mol. The first-order valence-corrected chi connectivity index (χ1v) is 11.5. The average molecular weight is 460 g/mol. The van der Waals surface area contributed by atoms with Gasteiger partial charge < -0.3 is 15.4 Å². The highest BCUT2D eigenvalue weighted by atomic mass is 19.1. The highest BCUT2D eigenvalue weighted by Crippen LogP contribution is 2.58. The Morgan fingerprint density at radius 2 is 1.82 bits per heavy atom. The molecule has 0 spiro atoms. The summed E-state index contributed by atoms with van der Waals surface area (Å²) < 4.78 is 47.8. The molecular formula is C25H28F3N3O2. The SMILES string of the molecule is CC1([C@H]2C[C@@H](NC(=O)CN3CCOCC3)C2)c2cc(F)cc(F)c2NC1c1ccc(F)cc1. The maximum atomic E-state index is 14.7. The Morgan fingerprint density at radius 3 is 2.52 bits per heavy atom. The number of carbonyl (C=O) groups is 1. The van der Waals surface area contributed by atoms with Crippen LogP contribution in [0.4, 0.5) is 18.9 Å². The molecule has 5 nitrogen and oxygen atoms in total. The van der Waals surface area contributed by atoms with Crippen LogP contribution in [0.5, 0.6) is 0 Å². The molecule has 2 aromatic rings. The summed E-state index contributed by atoms with van der Waals surface area (Å²) in [5.41, 5.74) is 1.10. The van der Waals surface area contributed by atoms with Crippen molar-refractivity contribution in [3.63, 3.8) is 0 Å². The van der Waals surface area contributed by atoms with Crippen LogP contribution in [0.15, 0.2) is 36.4 Å². The first kappa shape index (κ1) is 22.2. The van der Waals surface area contributed by atoms with Crippen molar-refractivity contribution in [2.75, 3.05) is 38.2 Å². The zero-order valence-corrected chi connectivity index (χ0v) is 18.5. The van der Waals surface area contributed by atoms with Crippen molar-refractivity contribution in [1.82, 2.24) is 10.2 Å². The number of hydrogen-bond acceptors (Lipinski definition) is 4. The Labute approximate surface area is 191 Å². The van der Waals surface area contributed by atoms with Crippen LogP contribution in [0.25, 0.3) is 0 Å². The fourth-order valence-corrected chi connectivity index (χ4v) is 5.60. The van der Waals surface area contributed by atoms with E-state index in [1.807, 2.05) is 6.92 Å². The lowest BCUT2D eigenvalue weighted by Crippen LogP contribution is -2.54. The van der Waals surface area contributed by atoms with Crippen LogP contribution in [0.3, 0.4) is 0 Å². The zero-order valence-electron chi connectivity index (χ0n) is 18.5. The lowest BCUT2D eigenvalue weighted by atomic mass is 9.58. The minimum absolute atomic E-state index is 0.0115. The highest BCUT2D eigenvalue weighted by molar-refractivity contribution is 5.78. The van der Waals surface area contributed by atoms with E-state index in [-0.39, 0.29) is 29.7 Å². The summed E-state index contributed by atoms with van der Waals surface area (Å²) in [5, 5.41) is 6.35. The molecule has 1 amide bonds. The van der Waals surface area contributed by atoms with E-state index in [4.69, 9.17) is 4.74 Å². The summed E-state index contributed by atoms with van der Waals surface area (Å²) in [7, 11) is 0. The Hall–Kier alpha value is -2.58. The molecule has 8 heteroatoms. The molecule has 0 radical (unpaired) electrons. The van der Waals surface area contributed by atoms with Crippen molar-refractivity contribution in [1.29, 1.82) is 0 Å². The lowest BCUT2D eigenvalue weighted by molar-refractivity contribution is -0.125. The van der Waals surface area contributed by atoms with Crippen molar-refractivity contribution in [2.24, 2.45) is 5.92 Å². The minimum Gasteiger partial charge on any atom is -0.379 e. The Morgan fingerprint density at radius 1 is 1.12 bits per heavy atom. The summed E-state index contributed by atoms with van der Waals surface area (Å²) in [4.78, 5) is 14.6. The molecule has 2 aliphatic heterocycles. The van der Waals surface area contributed by atoms with Gasteiger partial charge in [-0.25, -0.2) is 13.2 Å². The van der Waals surface area contributed by atoms with Gasteiger partial charge in [-0.2, -0.15) is 0 Å². The number of amides is 1. The Balaban J connectivity index is 1.34. The largest absolute Gasteiger partial charge is 0.379 e. The molecule has 176 valence electrons. The molecule has 2 fully saturated rings. The van der Waals surface area contributed by atoms with E-state index in [9.17, 15) is 18.0 Å². The normalized spacial score (nSPS) is 29.2. The maximum absolute atomic E-state index is 14.7. The number of anilines is 1. The number of halogens is 3. The smallest absolute Gasteiger partial charge is 0.234 e. The predicted octanol–water partition coefficient (Wildman–Crippen LogP) is 3.76. The van der Waals surface area contributed by atoms with Gasteiger partial charge in [0.2, 0.25) is 5.91 Å². The molecule has 2 aromatic carbocycles. The van der Waals surface area contributed by atoms with E-state index in [0.717, 1.165) is 24.7 Å². The molecule has 3 aliphatic rings. The van der Waals surface area contributed by atoms with Crippen LogP contribution in [0, 0.1) is 23.4 Å². The summed E-state index contributed by atoms with van der Waals surface area (Å²) in [6.45, 7) is 5.13. The van der Waals surface area contributed by atoms with Crippen LogP contribution in [-0.2, 0) is 14.9 Å². The number of rotatable bonds is 5. The maximum Gasteiger partial charge on any atom is 0.234 e. The van der Waals surface area contributed by atoms with Crippen molar-refractivity contribution >= 4 is 11.6 Å². The Kier molecular flexibility index (Phi) is 5.82. The van der Waals surface area contributed by atoms with Crippen LogP contribution in [-0.4, -0.2) is 49.7 Å². The number of benzene rings is 2. The van der Waals surface area contributed by atoms with E-state index in [1.165, 1.54) is 18.2 Å². The van der Waals surface area contributed by atoms with Crippen molar-refractivity contribution in [3.8, 4) is 0 Å². The summed E-state index contributed by atoms with van der Waals surface area (Å²) in [6, 6.07) is 8.11. The van der Waals surface area contributed by atoms with Crippen molar-refractivity contribution < 1.29 is 22.7 Å². The molecule has 0 aromatic heterocycles. The van der Waals surface area contributed by atoms with Crippen LogP contribution in [0.1, 0.15) is 36.9 Å². The molecule has 2 unspecified atom stereocenters. The Bertz CT molecular complexity index is 1040. The van der Waals surface area contributed by atoms with Gasteiger partial charge in [-0.1, -0.05) is 19.1 Å². The fraction of sp³-hybridized carbons (Fsp3) is 0.480. The average Bonchev–Trinajstić information content (AvgIpc) is 3.05. The van der Waals surface area contributed by atoms with Gasteiger partial charge in [0, 0.05) is 30.6 Å². The van der Waals surface area contributed by atoms with Crippen LogP contribution in [0.2, 0.25) is 0 Å². The molecule has 1 aliphatic carbocycles. The zero-order chi connectivity index (χ0) is 23.2. The van der Waals surface area contributed by atoms with Crippen molar-refractivity contribution in [3.05, 3.63) is 65.0 Å². The van der Waals surface area contributed by atoms with Gasteiger partial charge in [0.1, 0.15) is 17.5 Å². The third kappa shape index (κ3) is 4.10. The molecule has 1 saturated carbocycles. The second-order valence-electron chi connectivity index (χ2n) is 9.54. The van der Waals surface area contributed by atoms with Gasteiger partial charge >= 0.3 is 0 Å². The topological polar surface area (TPSA) is 53.6 Å². The molecule has 5 rings (SSSR count).